The van der Waals surface area contributed by atoms with Crippen LogP contribution in [0.15, 0.2) is 60.7 Å². The van der Waals surface area contributed by atoms with Gasteiger partial charge in [0.15, 0.2) is 11.5 Å². The Morgan fingerprint density at radius 3 is 2.40 bits per heavy atom. The fraction of sp³-hybridized carbons (Fsp3) is 0.160. The van der Waals surface area contributed by atoms with E-state index < -0.39 is 0 Å². The van der Waals surface area contributed by atoms with Crippen molar-refractivity contribution in [3.8, 4) is 17.6 Å². The van der Waals surface area contributed by atoms with Crippen LogP contribution in [0, 0.1) is 21.8 Å². The van der Waals surface area contributed by atoms with Crippen LogP contribution >= 0.6 is 34.2 Å². The second-order valence-electron chi connectivity index (χ2n) is 6.71. The first-order chi connectivity index (χ1) is 14.5. The molecular formula is C25H21ClINO2. The molecule has 0 fully saturated rings. The third kappa shape index (κ3) is 5.78. The Balaban J connectivity index is 1.90. The van der Waals surface area contributed by atoms with E-state index in [9.17, 15) is 5.26 Å². The van der Waals surface area contributed by atoms with Gasteiger partial charge in [0.25, 0.3) is 0 Å². The number of allylic oxidation sites excluding steroid dienone is 1. The number of hydrogen-bond acceptors (Lipinski definition) is 3. The summed E-state index contributed by atoms with van der Waals surface area (Å²) < 4.78 is 12.9. The van der Waals surface area contributed by atoms with Crippen LogP contribution in [-0.4, -0.2) is 6.61 Å². The van der Waals surface area contributed by atoms with Crippen molar-refractivity contribution in [2.45, 2.75) is 20.5 Å². The highest BCUT2D eigenvalue weighted by molar-refractivity contribution is 14.1. The summed E-state index contributed by atoms with van der Waals surface area (Å²) in [5, 5.41) is 10.1. The molecule has 0 atom stereocenters. The van der Waals surface area contributed by atoms with Crippen molar-refractivity contribution in [2.75, 3.05) is 6.61 Å². The zero-order valence-electron chi connectivity index (χ0n) is 16.8. The third-order valence-electron chi connectivity index (χ3n) is 4.42. The van der Waals surface area contributed by atoms with Gasteiger partial charge in [0.2, 0.25) is 0 Å². The van der Waals surface area contributed by atoms with E-state index in [2.05, 4.69) is 28.7 Å². The molecule has 0 N–H and O–H groups in total. The van der Waals surface area contributed by atoms with Gasteiger partial charge in [-0.05, 0) is 83.5 Å². The minimum Gasteiger partial charge on any atom is -0.490 e. The highest BCUT2D eigenvalue weighted by Crippen LogP contribution is 2.38. The summed E-state index contributed by atoms with van der Waals surface area (Å²) in [4.78, 5) is 0. The van der Waals surface area contributed by atoms with Crippen molar-refractivity contribution in [2.24, 2.45) is 0 Å². The number of benzene rings is 3. The molecule has 152 valence electrons. The second kappa shape index (κ2) is 10.5. The van der Waals surface area contributed by atoms with Crippen molar-refractivity contribution < 1.29 is 9.47 Å². The molecule has 0 saturated heterocycles. The van der Waals surface area contributed by atoms with E-state index in [4.69, 9.17) is 21.1 Å². The highest BCUT2D eigenvalue weighted by atomic mass is 127. The van der Waals surface area contributed by atoms with Crippen molar-refractivity contribution in [1.29, 1.82) is 5.26 Å². The van der Waals surface area contributed by atoms with Crippen LogP contribution in [-0.2, 0) is 6.61 Å². The highest BCUT2D eigenvalue weighted by Gasteiger charge is 2.13. The normalized spacial score (nSPS) is 11.1. The molecule has 0 heterocycles. The molecule has 3 aromatic rings. The molecule has 0 saturated carbocycles. The molecule has 3 nitrogen and oxygen atoms in total. The fourth-order valence-electron chi connectivity index (χ4n) is 2.89. The lowest BCUT2D eigenvalue weighted by Crippen LogP contribution is -2.01. The Kier molecular flexibility index (Phi) is 7.78. The van der Waals surface area contributed by atoms with Gasteiger partial charge in [0.05, 0.1) is 23.3 Å². The molecule has 0 unspecified atom stereocenters. The van der Waals surface area contributed by atoms with Gasteiger partial charge in [0, 0.05) is 3.57 Å². The Morgan fingerprint density at radius 2 is 1.77 bits per heavy atom. The smallest absolute Gasteiger partial charge is 0.180 e. The summed E-state index contributed by atoms with van der Waals surface area (Å²) in [6, 6.07) is 21.9. The first kappa shape index (κ1) is 22.2. The van der Waals surface area contributed by atoms with Gasteiger partial charge in [-0.25, -0.2) is 0 Å². The lowest BCUT2D eigenvalue weighted by Gasteiger charge is -2.15. The number of aryl methyl sites for hydroxylation is 1. The minimum atomic E-state index is 0.388. The molecule has 0 aromatic heterocycles. The van der Waals surface area contributed by atoms with E-state index in [1.807, 2.05) is 74.5 Å². The van der Waals surface area contributed by atoms with E-state index in [1.54, 1.807) is 6.07 Å². The van der Waals surface area contributed by atoms with Gasteiger partial charge >= 0.3 is 0 Å². The number of nitriles is 1. The van der Waals surface area contributed by atoms with Crippen LogP contribution in [0.2, 0.25) is 5.02 Å². The van der Waals surface area contributed by atoms with Gasteiger partial charge in [-0.1, -0.05) is 53.6 Å². The van der Waals surface area contributed by atoms with Crippen molar-refractivity contribution in [3.63, 3.8) is 0 Å². The Morgan fingerprint density at radius 1 is 1.07 bits per heavy atom. The molecule has 30 heavy (non-hydrogen) atoms. The Hall–Kier alpha value is -2.49. The summed E-state index contributed by atoms with van der Waals surface area (Å²) >= 11 is 8.81. The standard InChI is InChI=1S/C25H21ClINO2/c1-3-29-24-14-19(12-21(15-28)20-8-4-17(2)5-9-20)13-23(26)25(24)30-16-18-6-10-22(27)11-7-18/h4-14H,3,16H2,1-2H3/b21-12-. The molecule has 5 heteroatoms. The number of halogens is 2. The van der Waals surface area contributed by atoms with Crippen LogP contribution in [0.1, 0.15) is 29.2 Å². The second-order valence-corrected chi connectivity index (χ2v) is 8.37. The molecule has 0 bridgehead atoms. The van der Waals surface area contributed by atoms with Gasteiger partial charge in [-0.15, -0.1) is 0 Å². The first-order valence-corrected chi connectivity index (χ1v) is 11.0. The maximum Gasteiger partial charge on any atom is 0.180 e. The molecular weight excluding hydrogens is 509 g/mol. The van der Waals surface area contributed by atoms with Crippen LogP contribution in [0.3, 0.4) is 0 Å². The summed E-state index contributed by atoms with van der Waals surface area (Å²) in [6.07, 6.45) is 1.81. The Labute approximate surface area is 196 Å². The molecule has 0 amide bonds. The number of hydrogen-bond donors (Lipinski definition) is 0. The van der Waals surface area contributed by atoms with Crippen LogP contribution in [0.5, 0.6) is 11.5 Å². The maximum absolute atomic E-state index is 9.63. The quantitative estimate of drug-likeness (QED) is 0.183. The minimum absolute atomic E-state index is 0.388. The zero-order valence-corrected chi connectivity index (χ0v) is 19.7. The monoisotopic (exact) mass is 529 g/mol. The molecule has 0 spiro atoms. The summed E-state index contributed by atoms with van der Waals surface area (Å²) in [7, 11) is 0. The van der Waals surface area contributed by atoms with Crippen molar-refractivity contribution >= 4 is 45.8 Å². The predicted octanol–water partition coefficient (Wildman–Crippen LogP) is 7.29. The van der Waals surface area contributed by atoms with Crippen molar-refractivity contribution in [3.05, 3.63) is 91.5 Å². The van der Waals surface area contributed by atoms with Crippen LogP contribution < -0.4 is 9.47 Å². The van der Waals surface area contributed by atoms with Crippen LogP contribution in [0.4, 0.5) is 0 Å². The summed E-state index contributed by atoms with van der Waals surface area (Å²) in [5.41, 5.74) is 4.39. The predicted molar refractivity (Wildman–Crippen MR) is 131 cm³/mol. The molecule has 0 aliphatic heterocycles. The number of rotatable bonds is 7. The van der Waals surface area contributed by atoms with E-state index in [1.165, 1.54) is 3.57 Å². The van der Waals surface area contributed by atoms with Crippen LogP contribution in [0.25, 0.3) is 11.6 Å². The Bertz CT molecular complexity index is 1080. The van der Waals surface area contributed by atoms with E-state index in [0.717, 1.165) is 22.3 Å². The third-order valence-corrected chi connectivity index (χ3v) is 5.42. The molecule has 0 aliphatic rings. The lowest BCUT2D eigenvalue weighted by molar-refractivity contribution is 0.269. The molecule has 0 aliphatic carbocycles. The molecule has 3 aromatic carbocycles. The average Bonchev–Trinajstić information content (AvgIpc) is 2.73. The fourth-order valence-corrected chi connectivity index (χ4v) is 3.52. The average molecular weight is 530 g/mol. The van der Waals surface area contributed by atoms with E-state index >= 15 is 0 Å². The van der Waals surface area contributed by atoms with E-state index in [0.29, 0.717) is 35.3 Å². The maximum atomic E-state index is 9.63. The van der Waals surface area contributed by atoms with Gasteiger partial charge < -0.3 is 9.47 Å². The van der Waals surface area contributed by atoms with Gasteiger partial charge in [0.1, 0.15) is 6.61 Å². The zero-order chi connectivity index (χ0) is 21.5. The lowest BCUT2D eigenvalue weighted by atomic mass is 10.0. The number of ether oxygens (including phenoxy) is 2. The van der Waals surface area contributed by atoms with Gasteiger partial charge in [-0.2, -0.15) is 5.26 Å². The van der Waals surface area contributed by atoms with E-state index in [-0.39, 0.29) is 0 Å². The summed E-state index contributed by atoms with van der Waals surface area (Å²) in [5.74, 6) is 1.06. The molecule has 3 rings (SSSR count). The summed E-state index contributed by atoms with van der Waals surface area (Å²) in [6.45, 7) is 4.79. The van der Waals surface area contributed by atoms with Gasteiger partial charge in [-0.3, -0.25) is 0 Å². The largest absolute Gasteiger partial charge is 0.490 e. The first-order valence-electron chi connectivity index (χ1n) is 9.52. The molecule has 0 radical (unpaired) electrons. The SMILES string of the molecule is CCOc1cc(/C=C(/C#N)c2ccc(C)cc2)cc(Cl)c1OCc1ccc(I)cc1. The van der Waals surface area contributed by atoms with Crippen molar-refractivity contribution in [1.82, 2.24) is 0 Å². The topological polar surface area (TPSA) is 42.2 Å². The number of nitrogens with zero attached hydrogens (tertiary/aromatic N) is 1.